The van der Waals surface area contributed by atoms with Crippen LogP contribution in [0.2, 0.25) is 0 Å². The summed E-state index contributed by atoms with van der Waals surface area (Å²) in [4.78, 5) is 30.0. The van der Waals surface area contributed by atoms with Crippen LogP contribution in [0.15, 0.2) is 36.4 Å². The van der Waals surface area contributed by atoms with Gasteiger partial charge < -0.3 is 5.32 Å². The molecule has 0 unspecified atom stereocenters. The molecule has 0 aliphatic carbocycles. The first-order valence-electron chi connectivity index (χ1n) is 8.96. The van der Waals surface area contributed by atoms with E-state index in [1.165, 1.54) is 6.07 Å². The maximum absolute atomic E-state index is 12.8. The molecule has 7 heteroatoms. The van der Waals surface area contributed by atoms with Crippen molar-refractivity contribution in [2.45, 2.75) is 27.7 Å². The second-order valence-corrected chi connectivity index (χ2v) is 7.81. The van der Waals surface area contributed by atoms with Gasteiger partial charge in [-0.25, -0.2) is 4.98 Å². The van der Waals surface area contributed by atoms with Gasteiger partial charge in [0.05, 0.1) is 17.3 Å². The van der Waals surface area contributed by atoms with Gasteiger partial charge in [0.1, 0.15) is 4.88 Å². The molecule has 1 heterocycles. The molecule has 2 amide bonds. The second kappa shape index (κ2) is 8.25. The minimum Gasteiger partial charge on any atom is -0.321 e. The van der Waals surface area contributed by atoms with Gasteiger partial charge in [-0.15, -0.1) is 0 Å². The lowest BCUT2D eigenvalue weighted by Crippen LogP contribution is -2.13. The Kier molecular flexibility index (Phi) is 5.76. The Morgan fingerprint density at radius 2 is 1.69 bits per heavy atom. The van der Waals surface area contributed by atoms with Crippen LogP contribution >= 0.6 is 11.3 Å². The van der Waals surface area contributed by atoms with Crippen LogP contribution in [0.25, 0.3) is 0 Å². The first kappa shape index (κ1) is 20.2. The van der Waals surface area contributed by atoms with Gasteiger partial charge in [0.25, 0.3) is 11.8 Å². The van der Waals surface area contributed by atoms with E-state index in [1.807, 2.05) is 39.0 Å². The molecular weight excluding hydrogens is 384 g/mol. The number of thiazole rings is 1. The predicted octanol–water partition coefficient (Wildman–Crippen LogP) is 4.75. The molecule has 3 rings (SSSR count). The number of carbonyl (C=O) groups excluding carboxylic acids is 2. The number of aromatic nitrogens is 1. The van der Waals surface area contributed by atoms with Crippen molar-refractivity contribution < 1.29 is 9.59 Å². The van der Waals surface area contributed by atoms with Gasteiger partial charge in [-0.2, -0.15) is 5.26 Å². The Hall–Kier alpha value is -3.50. The number of amides is 2. The number of carbonyl (C=O) groups is 2. The van der Waals surface area contributed by atoms with Crippen molar-refractivity contribution in [3.05, 3.63) is 74.8 Å². The Morgan fingerprint density at radius 3 is 2.34 bits per heavy atom. The van der Waals surface area contributed by atoms with Crippen molar-refractivity contribution in [2.75, 3.05) is 10.6 Å². The standard InChI is InChI=1S/C22H20N4O2S/c1-12-8-13(2)18(14(3)9-12)25-21(28)19-15(4)24-22(29-19)26-20(27)17-7-5-6-16(10-17)11-23/h5-10H,1-4H3,(H,25,28)(H,24,26,27). The van der Waals surface area contributed by atoms with Gasteiger partial charge in [0.15, 0.2) is 5.13 Å². The summed E-state index contributed by atoms with van der Waals surface area (Å²) in [5, 5.41) is 15.0. The molecule has 0 fully saturated rings. The highest BCUT2D eigenvalue weighted by Gasteiger charge is 2.19. The number of rotatable bonds is 4. The number of nitrogens with zero attached hydrogens (tertiary/aromatic N) is 2. The maximum Gasteiger partial charge on any atom is 0.267 e. The topological polar surface area (TPSA) is 94.9 Å². The number of hydrogen-bond donors (Lipinski definition) is 2. The fourth-order valence-electron chi connectivity index (χ4n) is 3.11. The fourth-order valence-corrected chi connectivity index (χ4v) is 3.96. The number of hydrogen-bond acceptors (Lipinski definition) is 5. The zero-order valence-corrected chi connectivity index (χ0v) is 17.4. The zero-order valence-electron chi connectivity index (χ0n) is 16.6. The molecule has 29 heavy (non-hydrogen) atoms. The van der Waals surface area contributed by atoms with E-state index in [-0.39, 0.29) is 11.8 Å². The van der Waals surface area contributed by atoms with Gasteiger partial charge in [-0.05, 0) is 57.0 Å². The van der Waals surface area contributed by atoms with Crippen molar-refractivity contribution in [3.8, 4) is 6.07 Å². The molecule has 0 radical (unpaired) electrons. The number of benzene rings is 2. The molecule has 146 valence electrons. The van der Waals surface area contributed by atoms with E-state index in [0.717, 1.165) is 33.7 Å². The Morgan fingerprint density at radius 1 is 1.00 bits per heavy atom. The lowest BCUT2D eigenvalue weighted by Gasteiger charge is -2.12. The first-order chi connectivity index (χ1) is 13.8. The second-order valence-electron chi connectivity index (χ2n) is 6.81. The van der Waals surface area contributed by atoms with Crippen LogP contribution in [0.5, 0.6) is 0 Å². The van der Waals surface area contributed by atoms with Gasteiger partial charge in [-0.3, -0.25) is 14.9 Å². The van der Waals surface area contributed by atoms with E-state index < -0.39 is 0 Å². The minimum absolute atomic E-state index is 0.262. The largest absolute Gasteiger partial charge is 0.321 e. The van der Waals surface area contributed by atoms with E-state index >= 15 is 0 Å². The summed E-state index contributed by atoms with van der Waals surface area (Å²) in [5.74, 6) is -0.643. The van der Waals surface area contributed by atoms with Crippen molar-refractivity contribution in [2.24, 2.45) is 0 Å². The van der Waals surface area contributed by atoms with Crippen molar-refractivity contribution in [3.63, 3.8) is 0 Å². The van der Waals surface area contributed by atoms with Crippen molar-refractivity contribution in [1.82, 2.24) is 4.98 Å². The molecule has 0 spiro atoms. The molecule has 2 aromatic carbocycles. The maximum atomic E-state index is 12.8. The van der Waals surface area contributed by atoms with E-state index in [0.29, 0.717) is 26.8 Å². The molecule has 1 aromatic heterocycles. The smallest absolute Gasteiger partial charge is 0.267 e. The van der Waals surface area contributed by atoms with Crippen LogP contribution < -0.4 is 10.6 Å². The third-order valence-corrected chi connectivity index (χ3v) is 5.46. The first-order valence-corrected chi connectivity index (χ1v) is 9.78. The van der Waals surface area contributed by atoms with Gasteiger partial charge in [0, 0.05) is 11.3 Å². The lowest BCUT2D eigenvalue weighted by atomic mass is 10.1. The monoisotopic (exact) mass is 404 g/mol. The SMILES string of the molecule is Cc1cc(C)c(NC(=O)c2sc(NC(=O)c3cccc(C#N)c3)nc2C)c(C)c1. The quantitative estimate of drug-likeness (QED) is 0.656. The van der Waals surface area contributed by atoms with Crippen LogP contribution in [0, 0.1) is 39.0 Å². The number of nitriles is 1. The number of nitrogens with one attached hydrogen (secondary N) is 2. The Balaban J connectivity index is 1.79. The normalized spacial score (nSPS) is 10.3. The molecule has 0 atom stereocenters. The molecule has 0 saturated heterocycles. The van der Waals surface area contributed by atoms with Crippen LogP contribution in [-0.2, 0) is 0 Å². The number of anilines is 2. The summed E-state index contributed by atoms with van der Waals surface area (Å²) in [5.41, 5.74) is 5.19. The predicted molar refractivity (Wildman–Crippen MR) is 115 cm³/mol. The molecule has 0 aliphatic heterocycles. The van der Waals surface area contributed by atoms with Gasteiger partial charge in [-0.1, -0.05) is 35.1 Å². The lowest BCUT2D eigenvalue weighted by molar-refractivity contribution is 0.102. The van der Waals surface area contributed by atoms with E-state index in [9.17, 15) is 9.59 Å². The molecule has 0 saturated carbocycles. The highest BCUT2D eigenvalue weighted by atomic mass is 32.1. The average molecular weight is 404 g/mol. The molecule has 6 nitrogen and oxygen atoms in total. The Labute approximate surface area is 173 Å². The van der Waals surface area contributed by atoms with E-state index in [1.54, 1.807) is 25.1 Å². The van der Waals surface area contributed by atoms with Crippen LogP contribution in [0.4, 0.5) is 10.8 Å². The van der Waals surface area contributed by atoms with Crippen LogP contribution in [0.1, 0.15) is 48.0 Å². The highest BCUT2D eigenvalue weighted by Crippen LogP contribution is 2.27. The highest BCUT2D eigenvalue weighted by molar-refractivity contribution is 7.17. The fraction of sp³-hybridized carbons (Fsp3) is 0.182. The summed E-state index contributed by atoms with van der Waals surface area (Å²) in [6.07, 6.45) is 0. The molecule has 0 bridgehead atoms. The van der Waals surface area contributed by atoms with Crippen LogP contribution in [-0.4, -0.2) is 16.8 Å². The van der Waals surface area contributed by atoms with Gasteiger partial charge >= 0.3 is 0 Å². The molecule has 2 N–H and O–H groups in total. The molecular formula is C22H20N4O2S. The zero-order chi connectivity index (χ0) is 21.1. The van der Waals surface area contributed by atoms with Crippen molar-refractivity contribution >= 4 is 34.0 Å². The van der Waals surface area contributed by atoms with Crippen molar-refractivity contribution in [1.29, 1.82) is 5.26 Å². The summed E-state index contributed by atoms with van der Waals surface area (Å²) < 4.78 is 0. The van der Waals surface area contributed by atoms with E-state index in [2.05, 4.69) is 15.6 Å². The third kappa shape index (κ3) is 4.50. The molecule has 3 aromatic rings. The number of aryl methyl sites for hydroxylation is 4. The average Bonchev–Trinajstić information content (AvgIpc) is 3.04. The van der Waals surface area contributed by atoms with E-state index in [4.69, 9.17) is 5.26 Å². The summed E-state index contributed by atoms with van der Waals surface area (Å²) in [6.45, 7) is 7.65. The minimum atomic E-state index is -0.381. The Bertz CT molecular complexity index is 1130. The van der Waals surface area contributed by atoms with Gasteiger partial charge in [0.2, 0.25) is 0 Å². The summed E-state index contributed by atoms with van der Waals surface area (Å²) in [7, 11) is 0. The molecule has 0 aliphatic rings. The summed E-state index contributed by atoms with van der Waals surface area (Å²) in [6, 6.07) is 12.4. The van der Waals surface area contributed by atoms with Crippen LogP contribution in [0.3, 0.4) is 0 Å². The third-order valence-electron chi connectivity index (χ3n) is 4.39. The summed E-state index contributed by atoms with van der Waals surface area (Å²) >= 11 is 1.11.